The van der Waals surface area contributed by atoms with E-state index in [0.29, 0.717) is 12.1 Å². The molecule has 3 aromatic carbocycles. The van der Waals surface area contributed by atoms with E-state index in [-0.39, 0.29) is 41.3 Å². The average Bonchev–Trinajstić information content (AvgIpc) is 2.86. The van der Waals surface area contributed by atoms with E-state index in [9.17, 15) is 43.6 Å². The van der Waals surface area contributed by atoms with Crippen LogP contribution in [0.15, 0.2) is 54.6 Å². The number of nitrogens with one attached hydrogen (secondary N) is 4. The maximum Gasteiger partial charge on any atom is 0.416 e. The van der Waals surface area contributed by atoms with Gasteiger partial charge in [-0.05, 0) is 53.6 Å². The van der Waals surface area contributed by atoms with Crippen LogP contribution in [0.3, 0.4) is 0 Å². The third kappa shape index (κ3) is 10.5. The standard InChI is InChI=1S/C25H24ClF5N4O6S2/c1-42(37,38)34-20-6-3-14(9-18(20)27)12-32-23(36)24(41-22-8-5-16(11-17(22)26)25(29,30)31)33-13-15-4-7-21(19(28)10-15)35-43(2,39)40/h3-11,24,33-35H,12-13H2,1-2H3,(H,32,36). The lowest BCUT2D eigenvalue weighted by Crippen LogP contribution is -2.47. The molecule has 0 radical (unpaired) electrons. The second kappa shape index (κ2) is 13.3. The molecule has 1 atom stereocenters. The molecule has 0 aliphatic heterocycles. The Bertz CT molecular complexity index is 1720. The summed E-state index contributed by atoms with van der Waals surface area (Å²) in [6.07, 6.45) is -4.64. The Balaban J connectivity index is 1.79. The molecule has 0 aliphatic carbocycles. The topological polar surface area (TPSA) is 143 Å². The first-order valence-corrected chi connectivity index (χ1v) is 16.0. The van der Waals surface area contributed by atoms with Crippen molar-refractivity contribution in [1.82, 2.24) is 10.6 Å². The van der Waals surface area contributed by atoms with Crippen LogP contribution in [0.2, 0.25) is 5.02 Å². The van der Waals surface area contributed by atoms with Gasteiger partial charge in [0.1, 0.15) is 17.4 Å². The van der Waals surface area contributed by atoms with Crippen LogP contribution >= 0.6 is 11.6 Å². The molecule has 0 saturated heterocycles. The Hall–Kier alpha value is -3.67. The van der Waals surface area contributed by atoms with Gasteiger partial charge in [-0.3, -0.25) is 19.6 Å². The average molecular weight is 671 g/mol. The molecule has 43 heavy (non-hydrogen) atoms. The molecule has 0 aromatic heterocycles. The Morgan fingerprint density at radius 2 is 1.35 bits per heavy atom. The monoisotopic (exact) mass is 670 g/mol. The zero-order valence-corrected chi connectivity index (χ0v) is 24.6. The van der Waals surface area contributed by atoms with E-state index in [0.717, 1.165) is 42.8 Å². The number of carbonyl (C=O) groups is 1. The van der Waals surface area contributed by atoms with Gasteiger partial charge in [-0.1, -0.05) is 23.7 Å². The number of carbonyl (C=O) groups excluding carboxylic acids is 1. The fraction of sp³-hybridized carbons (Fsp3) is 0.240. The third-order valence-electron chi connectivity index (χ3n) is 5.36. The number of amides is 1. The molecule has 4 N–H and O–H groups in total. The summed E-state index contributed by atoms with van der Waals surface area (Å²) in [6, 6.07) is 9.11. The van der Waals surface area contributed by atoms with Crippen molar-refractivity contribution < 1.29 is 48.3 Å². The minimum absolute atomic E-state index is 0.215. The van der Waals surface area contributed by atoms with Gasteiger partial charge in [-0.2, -0.15) is 13.2 Å². The SMILES string of the molecule is CS(=O)(=O)Nc1ccc(CNC(=O)C(NCc2ccc(NS(C)(=O)=O)c(F)c2)Oc2ccc(C(F)(F)F)cc2Cl)cc1F. The summed E-state index contributed by atoms with van der Waals surface area (Å²) in [6.45, 7) is -0.523. The van der Waals surface area contributed by atoms with E-state index in [1.54, 1.807) is 0 Å². The molecule has 0 spiro atoms. The molecule has 0 aliphatic rings. The van der Waals surface area contributed by atoms with Gasteiger partial charge in [-0.25, -0.2) is 25.6 Å². The van der Waals surface area contributed by atoms with Crippen molar-refractivity contribution in [2.24, 2.45) is 0 Å². The zero-order valence-electron chi connectivity index (χ0n) is 22.2. The second-order valence-electron chi connectivity index (χ2n) is 9.12. The van der Waals surface area contributed by atoms with E-state index >= 15 is 0 Å². The van der Waals surface area contributed by atoms with Crippen LogP contribution in [-0.4, -0.2) is 41.5 Å². The van der Waals surface area contributed by atoms with Crippen LogP contribution in [0.5, 0.6) is 5.75 Å². The number of anilines is 2. The van der Waals surface area contributed by atoms with Gasteiger partial charge in [0.15, 0.2) is 0 Å². The first-order chi connectivity index (χ1) is 19.8. The van der Waals surface area contributed by atoms with Crippen LogP contribution in [-0.2, 0) is 44.1 Å². The predicted octanol–water partition coefficient (Wildman–Crippen LogP) is 4.19. The number of benzene rings is 3. The first kappa shape index (κ1) is 33.8. The lowest BCUT2D eigenvalue weighted by Gasteiger charge is -2.21. The summed E-state index contributed by atoms with van der Waals surface area (Å²) in [7, 11) is -7.51. The van der Waals surface area contributed by atoms with Crippen LogP contribution in [0, 0.1) is 11.6 Å². The Labute approximate surface area is 248 Å². The predicted molar refractivity (Wildman–Crippen MR) is 149 cm³/mol. The van der Waals surface area contributed by atoms with Crippen molar-refractivity contribution >= 4 is 48.9 Å². The largest absolute Gasteiger partial charge is 0.464 e. The maximum absolute atomic E-state index is 14.4. The number of hydrogen-bond acceptors (Lipinski definition) is 7. The zero-order chi connectivity index (χ0) is 32.2. The molecule has 0 fully saturated rings. The molecule has 0 bridgehead atoms. The Morgan fingerprint density at radius 1 is 0.837 bits per heavy atom. The molecule has 1 unspecified atom stereocenters. The second-order valence-corrected chi connectivity index (χ2v) is 13.0. The molecule has 0 heterocycles. The van der Waals surface area contributed by atoms with Gasteiger partial charge in [-0.15, -0.1) is 0 Å². The summed E-state index contributed by atoms with van der Waals surface area (Å²) >= 11 is 5.96. The number of alkyl halides is 3. The lowest BCUT2D eigenvalue weighted by atomic mass is 10.2. The molecule has 234 valence electrons. The van der Waals surface area contributed by atoms with E-state index in [2.05, 4.69) is 10.6 Å². The summed E-state index contributed by atoms with van der Waals surface area (Å²) in [4.78, 5) is 13.0. The molecular weight excluding hydrogens is 647 g/mol. The summed E-state index contributed by atoms with van der Waals surface area (Å²) < 4.78 is 123. The molecule has 0 saturated carbocycles. The highest BCUT2D eigenvalue weighted by molar-refractivity contribution is 7.92. The lowest BCUT2D eigenvalue weighted by molar-refractivity contribution is -0.137. The number of sulfonamides is 2. The summed E-state index contributed by atoms with van der Waals surface area (Å²) in [5.74, 6) is -3.03. The highest BCUT2D eigenvalue weighted by Crippen LogP contribution is 2.35. The van der Waals surface area contributed by atoms with Gasteiger partial charge >= 0.3 is 6.18 Å². The van der Waals surface area contributed by atoms with E-state index in [1.807, 2.05) is 9.44 Å². The Morgan fingerprint density at radius 3 is 1.79 bits per heavy atom. The van der Waals surface area contributed by atoms with Crippen LogP contribution < -0.4 is 24.8 Å². The number of hydrogen-bond donors (Lipinski definition) is 4. The maximum atomic E-state index is 14.4. The fourth-order valence-electron chi connectivity index (χ4n) is 3.48. The van der Waals surface area contributed by atoms with Gasteiger partial charge in [0.05, 0.1) is 34.5 Å². The first-order valence-electron chi connectivity index (χ1n) is 11.9. The van der Waals surface area contributed by atoms with Gasteiger partial charge in [0.2, 0.25) is 26.3 Å². The molecule has 3 aromatic rings. The molecule has 10 nitrogen and oxygen atoms in total. The van der Waals surface area contributed by atoms with Crippen molar-refractivity contribution in [3.63, 3.8) is 0 Å². The highest BCUT2D eigenvalue weighted by Gasteiger charge is 2.31. The normalized spacial score (nSPS) is 12.8. The van der Waals surface area contributed by atoms with Crippen LogP contribution in [0.4, 0.5) is 33.3 Å². The Kier molecular flexibility index (Phi) is 10.5. The van der Waals surface area contributed by atoms with E-state index < -0.39 is 60.6 Å². The molecule has 1 amide bonds. The van der Waals surface area contributed by atoms with Crippen LogP contribution in [0.25, 0.3) is 0 Å². The van der Waals surface area contributed by atoms with Crippen molar-refractivity contribution in [2.75, 3.05) is 22.0 Å². The smallest absolute Gasteiger partial charge is 0.416 e. The van der Waals surface area contributed by atoms with Crippen molar-refractivity contribution in [1.29, 1.82) is 0 Å². The summed E-state index contributed by atoms with van der Waals surface area (Å²) in [5.41, 5.74) is -1.26. The van der Waals surface area contributed by atoms with Gasteiger partial charge < -0.3 is 10.1 Å². The van der Waals surface area contributed by atoms with Gasteiger partial charge in [0, 0.05) is 13.1 Å². The third-order valence-corrected chi connectivity index (χ3v) is 6.83. The minimum Gasteiger partial charge on any atom is -0.464 e. The number of ether oxygens (including phenoxy) is 1. The minimum atomic E-state index is -4.69. The van der Waals surface area contributed by atoms with Crippen molar-refractivity contribution in [3.8, 4) is 5.75 Å². The van der Waals surface area contributed by atoms with Crippen LogP contribution in [0.1, 0.15) is 16.7 Å². The summed E-state index contributed by atoms with van der Waals surface area (Å²) in [5, 5.41) is 4.64. The van der Waals surface area contributed by atoms with Crippen molar-refractivity contribution in [2.45, 2.75) is 25.5 Å². The fourth-order valence-corrected chi connectivity index (χ4v) is 4.84. The van der Waals surface area contributed by atoms with Crippen molar-refractivity contribution in [3.05, 3.63) is 87.9 Å². The quantitative estimate of drug-likeness (QED) is 0.167. The molecule has 3 rings (SSSR count). The highest BCUT2D eigenvalue weighted by atomic mass is 35.5. The number of rotatable bonds is 12. The molecular formula is C25H24ClF5N4O6S2. The van der Waals surface area contributed by atoms with Gasteiger partial charge in [0.25, 0.3) is 5.91 Å². The van der Waals surface area contributed by atoms with E-state index in [4.69, 9.17) is 16.3 Å². The number of halogens is 6. The van der Waals surface area contributed by atoms with E-state index in [1.165, 1.54) is 12.1 Å². The molecule has 18 heteroatoms.